The lowest BCUT2D eigenvalue weighted by molar-refractivity contribution is 0.378. The van der Waals surface area contributed by atoms with E-state index in [1.807, 2.05) is 11.7 Å². The van der Waals surface area contributed by atoms with E-state index in [1.165, 1.54) is 37.7 Å². The third kappa shape index (κ3) is 4.99. The minimum Gasteiger partial charge on any atom is -0.308 e. The molecule has 0 amide bonds. The predicted molar refractivity (Wildman–Crippen MR) is 90.3 cm³/mol. The molecule has 3 nitrogen and oxygen atoms in total. The second-order valence-electron chi connectivity index (χ2n) is 7.50. The molecule has 2 rings (SSSR count). The second-order valence-corrected chi connectivity index (χ2v) is 7.50. The van der Waals surface area contributed by atoms with Crippen LogP contribution in [0.4, 0.5) is 0 Å². The molecule has 0 spiro atoms. The van der Waals surface area contributed by atoms with Gasteiger partial charge in [-0.2, -0.15) is 5.10 Å². The molecule has 0 aromatic carbocycles. The summed E-state index contributed by atoms with van der Waals surface area (Å²) >= 11 is 0. The highest BCUT2D eigenvalue weighted by molar-refractivity contribution is 5.55. The van der Waals surface area contributed by atoms with Crippen LogP contribution in [0.3, 0.4) is 0 Å². The fourth-order valence-corrected chi connectivity index (χ4v) is 3.11. The van der Waals surface area contributed by atoms with E-state index in [-0.39, 0.29) is 5.54 Å². The van der Waals surface area contributed by atoms with Gasteiger partial charge in [0.05, 0.1) is 5.69 Å². The molecule has 1 heterocycles. The summed E-state index contributed by atoms with van der Waals surface area (Å²) in [6.45, 7) is 9.80. The van der Waals surface area contributed by atoms with Crippen molar-refractivity contribution < 1.29 is 0 Å². The van der Waals surface area contributed by atoms with E-state index in [0.29, 0.717) is 0 Å². The van der Waals surface area contributed by atoms with E-state index in [2.05, 4.69) is 50.4 Å². The first-order valence-electron chi connectivity index (χ1n) is 8.31. The van der Waals surface area contributed by atoms with Gasteiger partial charge in [-0.05, 0) is 46.5 Å². The van der Waals surface area contributed by atoms with Gasteiger partial charge in [-0.25, -0.2) is 0 Å². The second kappa shape index (κ2) is 6.78. The van der Waals surface area contributed by atoms with Crippen molar-refractivity contribution in [3.05, 3.63) is 23.0 Å². The SMILES string of the molecule is Cc1nn(C)cc1/C=C(/CNC(C)(C)C)C1CCCCC1. The topological polar surface area (TPSA) is 29.9 Å². The average molecular weight is 289 g/mol. The summed E-state index contributed by atoms with van der Waals surface area (Å²) in [6.07, 6.45) is 11.4. The summed E-state index contributed by atoms with van der Waals surface area (Å²) < 4.78 is 1.91. The van der Waals surface area contributed by atoms with Crippen LogP contribution in [-0.4, -0.2) is 21.9 Å². The van der Waals surface area contributed by atoms with Crippen LogP contribution in [-0.2, 0) is 7.05 Å². The molecule has 0 saturated heterocycles. The highest BCUT2D eigenvalue weighted by Crippen LogP contribution is 2.31. The molecule has 1 N–H and O–H groups in total. The van der Waals surface area contributed by atoms with Crippen molar-refractivity contribution in [2.45, 2.75) is 65.3 Å². The molecular formula is C18H31N3. The molecule has 0 unspecified atom stereocenters. The molecule has 21 heavy (non-hydrogen) atoms. The first kappa shape index (κ1) is 16.3. The van der Waals surface area contributed by atoms with Gasteiger partial charge < -0.3 is 5.32 Å². The summed E-state index contributed by atoms with van der Waals surface area (Å²) in [4.78, 5) is 0. The predicted octanol–water partition coefficient (Wildman–Crippen LogP) is 4.08. The molecule has 1 aromatic rings. The van der Waals surface area contributed by atoms with Crippen molar-refractivity contribution in [2.24, 2.45) is 13.0 Å². The van der Waals surface area contributed by atoms with E-state index in [1.54, 1.807) is 5.57 Å². The van der Waals surface area contributed by atoms with Crippen molar-refractivity contribution >= 4 is 6.08 Å². The maximum atomic E-state index is 4.47. The van der Waals surface area contributed by atoms with Gasteiger partial charge in [0.2, 0.25) is 0 Å². The molecule has 118 valence electrons. The molecular weight excluding hydrogens is 258 g/mol. The van der Waals surface area contributed by atoms with Crippen LogP contribution in [0.25, 0.3) is 6.08 Å². The highest BCUT2D eigenvalue weighted by Gasteiger charge is 2.20. The summed E-state index contributed by atoms with van der Waals surface area (Å²) in [5.41, 5.74) is 4.12. The minimum atomic E-state index is 0.164. The molecule has 1 aromatic heterocycles. The van der Waals surface area contributed by atoms with Crippen LogP contribution >= 0.6 is 0 Å². The van der Waals surface area contributed by atoms with Crippen LogP contribution < -0.4 is 5.32 Å². The number of aryl methyl sites for hydroxylation is 2. The van der Waals surface area contributed by atoms with Crippen LogP contribution in [0.15, 0.2) is 11.8 Å². The fraction of sp³-hybridized carbons (Fsp3) is 0.722. The summed E-state index contributed by atoms with van der Waals surface area (Å²) in [5, 5.41) is 8.14. The van der Waals surface area contributed by atoms with E-state index in [0.717, 1.165) is 18.2 Å². The Kier molecular flexibility index (Phi) is 5.26. The van der Waals surface area contributed by atoms with Gasteiger partial charge in [0.15, 0.2) is 0 Å². The van der Waals surface area contributed by atoms with E-state index < -0.39 is 0 Å². The Morgan fingerprint density at radius 3 is 2.52 bits per heavy atom. The summed E-state index contributed by atoms with van der Waals surface area (Å²) in [6, 6.07) is 0. The average Bonchev–Trinajstić information content (AvgIpc) is 2.72. The lowest BCUT2D eigenvalue weighted by Crippen LogP contribution is -2.38. The number of aromatic nitrogens is 2. The molecule has 1 aliphatic carbocycles. The van der Waals surface area contributed by atoms with Crippen molar-refractivity contribution in [1.82, 2.24) is 15.1 Å². The number of nitrogens with one attached hydrogen (secondary N) is 1. The standard InChI is InChI=1S/C18H31N3/c1-14-17(13-21(5)20-14)11-16(12-19-18(2,3)4)15-9-7-6-8-10-15/h11,13,15,19H,6-10,12H2,1-5H3/b16-11-. The summed E-state index contributed by atoms with van der Waals surface area (Å²) in [7, 11) is 2.00. The van der Waals surface area contributed by atoms with Gasteiger partial charge in [-0.1, -0.05) is 30.9 Å². The van der Waals surface area contributed by atoms with Gasteiger partial charge in [0.1, 0.15) is 0 Å². The Morgan fingerprint density at radius 2 is 2.00 bits per heavy atom. The monoisotopic (exact) mass is 289 g/mol. The van der Waals surface area contributed by atoms with E-state index in [9.17, 15) is 0 Å². The maximum Gasteiger partial charge on any atom is 0.0665 e. The molecule has 0 radical (unpaired) electrons. The number of nitrogens with zero attached hydrogens (tertiary/aromatic N) is 2. The smallest absolute Gasteiger partial charge is 0.0665 e. The third-order valence-corrected chi connectivity index (χ3v) is 4.34. The Hall–Kier alpha value is -1.09. The Labute approximate surface area is 129 Å². The zero-order valence-corrected chi connectivity index (χ0v) is 14.4. The molecule has 1 aliphatic rings. The van der Waals surface area contributed by atoms with Gasteiger partial charge in [0, 0.05) is 30.9 Å². The number of hydrogen-bond acceptors (Lipinski definition) is 2. The Balaban J connectivity index is 2.19. The van der Waals surface area contributed by atoms with Gasteiger partial charge >= 0.3 is 0 Å². The zero-order valence-electron chi connectivity index (χ0n) is 14.4. The maximum absolute atomic E-state index is 4.47. The molecule has 3 heteroatoms. The van der Waals surface area contributed by atoms with Crippen molar-refractivity contribution in [3.8, 4) is 0 Å². The summed E-state index contributed by atoms with van der Waals surface area (Å²) in [5.74, 6) is 0.744. The van der Waals surface area contributed by atoms with Crippen LogP contribution in [0.5, 0.6) is 0 Å². The fourth-order valence-electron chi connectivity index (χ4n) is 3.11. The van der Waals surface area contributed by atoms with Crippen LogP contribution in [0.2, 0.25) is 0 Å². The van der Waals surface area contributed by atoms with Gasteiger partial charge in [-0.3, -0.25) is 4.68 Å². The van der Waals surface area contributed by atoms with Gasteiger partial charge in [-0.15, -0.1) is 0 Å². The third-order valence-electron chi connectivity index (χ3n) is 4.34. The van der Waals surface area contributed by atoms with Crippen molar-refractivity contribution in [1.29, 1.82) is 0 Å². The van der Waals surface area contributed by atoms with E-state index >= 15 is 0 Å². The quantitative estimate of drug-likeness (QED) is 0.905. The first-order valence-corrected chi connectivity index (χ1v) is 8.31. The lowest BCUT2D eigenvalue weighted by atomic mass is 9.82. The van der Waals surface area contributed by atoms with Crippen LogP contribution in [0.1, 0.15) is 64.1 Å². The highest BCUT2D eigenvalue weighted by atomic mass is 15.2. The van der Waals surface area contributed by atoms with Crippen molar-refractivity contribution in [3.63, 3.8) is 0 Å². The number of rotatable bonds is 4. The minimum absolute atomic E-state index is 0.164. The lowest BCUT2D eigenvalue weighted by Gasteiger charge is -2.28. The largest absolute Gasteiger partial charge is 0.308 e. The van der Waals surface area contributed by atoms with Crippen LogP contribution in [0, 0.1) is 12.8 Å². The Bertz CT molecular complexity index is 485. The Morgan fingerprint density at radius 1 is 1.33 bits per heavy atom. The molecule has 0 aliphatic heterocycles. The molecule has 1 saturated carbocycles. The van der Waals surface area contributed by atoms with Gasteiger partial charge in [0.25, 0.3) is 0 Å². The van der Waals surface area contributed by atoms with E-state index in [4.69, 9.17) is 0 Å². The molecule has 1 fully saturated rings. The normalized spacial score (nSPS) is 18.2. The first-order chi connectivity index (χ1) is 9.85. The molecule has 0 atom stereocenters. The molecule has 0 bridgehead atoms. The number of hydrogen-bond donors (Lipinski definition) is 1. The zero-order chi connectivity index (χ0) is 15.5. The van der Waals surface area contributed by atoms with Crippen molar-refractivity contribution in [2.75, 3.05) is 6.54 Å².